The fourth-order valence-corrected chi connectivity index (χ4v) is 7.62. The molecule has 27 heavy (non-hydrogen) atoms. The van der Waals surface area contributed by atoms with Gasteiger partial charge in [-0.25, -0.2) is 22.0 Å². The number of hydrogen-bond donors (Lipinski definition) is 0. The summed E-state index contributed by atoms with van der Waals surface area (Å²) in [7, 11) is 0. The Morgan fingerprint density at radius 3 is 1.74 bits per heavy atom. The maximum Gasteiger partial charge on any atom is 0.433 e. The van der Waals surface area contributed by atoms with Crippen molar-refractivity contribution in [3.63, 3.8) is 0 Å². The average Bonchev–Trinajstić information content (AvgIpc) is 2.56. The minimum atomic E-state index is -4.17. The van der Waals surface area contributed by atoms with Crippen LogP contribution in [0.3, 0.4) is 0 Å². The van der Waals surface area contributed by atoms with Gasteiger partial charge < -0.3 is 0 Å². The van der Waals surface area contributed by atoms with Crippen molar-refractivity contribution in [1.29, 1.82) is 0 Å². The minimum absolute atomic E-state index is 0.345. The minimum Gasteiger partial charge on any atom is -0.256 e. The van der Waals surface area contributed by atoms with Crippen LogP contribution in [0.2, 0.25) is 0 Å². The van der Waals surface area contributed by atoms with Gasteiger partial charge in [0.1, 0.15) is 29.1 Å². The lowest BCUT2D eigenvalue weighted by molar-refractivity contribution is 0.257. The van der Waals surface area contributed by atoms with Crippen molar-refractivity contribution >= 4 is 18.6 Å². The molecule has 0 aromatic heterocycles. The molecule has 0 saturated carbocycles. The molecule has 3 rings (SSSR count). The van der Waals surface area contributed by atoms with Gasteiger partial charge in [0.05, 0.1) is 9.06 Å². The molecule has 0 nitrogen and oxygen atoms in total. The third-order valence-electron chi connectivity index (χ3n) is 4.86. The zero-order valence-corrected chi connectivity index (χ0v) is 15.3. The van der Waals surface area contributed by atoms with Crippen LogP contribution < -0.4 is 4.43 Å². The fraction of sp³-hybridized carbons (Fsp3) is 0.263. The highest BCUT2D eigenvalue weighted by atomic mass is 27.2. The number of benzene rings is 1. The summed E-state index contributed by atoms with van der Waals surface area (Å²) in [6.45, 7) is 1.00. The molecule has 1 aromatic carbocycles. The Kier molecular flexibility index (Phi) is 5.17. The molecule has 0 bridgehead atoms. The van der Waals surface area contributed by atoms with Crippen LogP contribution in [0.5, 0.6) is 0 Å². The predicted octanol–water partition coefficient (Wildman–Crippen LogP) is 5.24. The average molecular weight is 402 g/mol. The second kappa shape index (κ2) is 6.99. The van der Waals surface area contributed by atoms with Gasteiger partial charge in [-0.15, -0.1) is 0 Å². The first-order valence-corrected chi connectivity index (χ1v) is 9.90. The zero-order valence-electron chi connectivity index (χ0n) is 14.2. The lowest BCUT2D eigenvalue weighted by atomic mass is 10.1. The Bertz CT molecular complexity index is 860. The Morgan fingerprint density at radius 2 is 1.30 bits per heavy atom. The summed E-state index contributed by atoms with van der Waals surface area (Å²) in [4.78, 5) is 0. The normalized spacial score (nSPS) is 27.4. The van der Waals surface area contributed by atoms with E-state index in [0.29, 0.717) is 6.07 Å². The first kappa shape index (κ1) is 20.0. The number of hydrogen-bond acceptors (Lipinski definition) is 0. The molecule has 2 atom stereocenters. The van der Waals surface area contributed by atoms with E-state index in [1.165, 1.54) is 0 Å². The predicted molar refractivity (Wildman–Crippen MR) is 90.0 cm³/mol. The van der Waals surface area contributed by atoms with Crippen LogP contribution in [-0.2, 0) is 0 Å². The topological polar surface area (TPSA) is 0 Å². The molecule has 2 unspecified atom stereocenters. The highest BCUT2D eigenvalue weighted by Crippen LogP contribution is 2.41. The Hall–Kier alpha value is -1.78. The zero-order chi connectivity index (χ0) is 20.0. The summed E-state index contributed by atoms with van der Waals surface area (Å²) in [6.07, 6.45) is 3.72. The largest absolute Gasteiger partial charge is 0.433 e. The smallest absolute Gasteiger partial charge is 0.256 e. The standard InChI is InChI=1S/C7H4F3.2C6H5F2.Al/c1-4-6(9)2-5(8)3-7(4)10;2*7-5-2-1-3-6(8)4-5;/h2H,1H3;2*1-3H,4H2;. The van der Waals surface area contributed by atoms with Crippen molar-refractivity contribution in [1.82, 2.24) is 0 Å². The van der Waals surface area contributed by atoms with Gasteiger partial charge in [-0.1, -0.05) is 24.3 Å². The quantitative estimate of drug-likeness (QED) is 0.480. The summed E-state index contributed by atoms with van der Waals surface area (Å²) < 4.78 is 95.6. The maximum absolute atomic E-state index is 15.8. The molecule has 0 amide bonds. The molecule has 0 spiro atoms. The van der Waals surface area contributed by atoms with E-state index in [0.717, 1.165) is 43.4 Å². The number of rotatable bonds is 3. The van der Waals surface area contributed by atoms with Gasteiger partial charge in [-0.3, -0.25) is 8.78 Å². The van der Waals surface area contributed by atoms with Crippen molar-refractivity contribution in [3.05, 3.63) is 77.2 Å². The molecule has 142 valence electrons. The summed E-state index contributed by atoms with van der Waals surface area (Å²) in [5.74, 6) is -5.97. The van der Waals surface area contributed by atoms with Crippen LogP contribution in [0.1, 0.15) is 18.4 Å². The van der Waals surface area contributed by atoms with E-state index in [-0.39, 0.29) is 0 Å². The maximum atomic E-state index is 15.8. The number of halogens is 7. The van der Waals surface area contributed by atoms with Crippen LogP contribution in [0.4, 0.5) is 30.7 Å². The van der Waals surface area contributed by atoms with E-state index < -0.39 is 75.1 Å². The summed E-state index contributed by atoms with van der Waals surface area (Å²) in [5.41, 5.74) is -0.609. The summed E-state index contributed by atoms with van der Waals surface area (Å²) >= 11 is -4.17. The van der Waals surface area contributed by atoms with Crippen molar-refractivity contribution in [2.24, 2.45) is 0 Å². The molecule has 2 aliphatic carbocycles. The Labute approximate surface area is 155 Å². The lowest BCUT2D eigenvalue weighted by Gasteiger charge is -2.38. The number of alkyl halides is 2. The Balaban J connectivity index is 2.26. The van der Waals surface area contributed by atoms with Gasteiger partial charge in [0.25, 0.3) is 0 Å². The monoisotopic (exact) mass is 402 g/mol. The van der Waals surface area contributed by atoms with Crippen molar-refractivity contribution in [3.8, 4) is 0 Å². The third kappa shape index (κ3) is 3.53. The second-order valence-electron chi connectivity index (χ2n) is 6.78. The molecule has 2 aliphatic rings. The van der Waals surface area contributed by atoms with Crippen LogP contribution in [0.15, 0.2) is 54.2 Å². The highest BCUT2D eigenvalue weighted by Gasteiger charge is 2.60. The van der Waals surface area contributed by atoms with Gasteiger partial charge in [-0.05, 0) is 23.5 Å². The van der Waals surface area contributed by atoms with Crippen molar-refractivity contribution in [2.75, 3.05) is 0 Å². The van der Waals surface area contributed by atoms with Crippen LogP contribution in [0, 0.1) is 24.4 Å². The van der Waals surface area contributed by atoms with Crippen LogP contribution >= 0.6 is 0 Å². The summed E-state index contributed by atoms with van der Waals surface area (Å²) in [6, 6.07) is 0.345. The van der Waals surface area contributed by atoms with E-state index in [1.54, 1.807) is 0 Å². The van der Waals surface area contributed by atoms with E-state index in [9.17, 15) is 22.0 Å². The lowest BCUT2D eigenvalue weighted by Crippen LogP contribution is -2.64. The van der Waals surface area contributed by atoms with Crippen LogP contribution in [-0.4, -0.2) is 23.2 Å². The molecule has 8 heteroatoms. The SMILES string of the molecule is Cc1c(F)cc(F)[c]([Al]([C]2(F)C=CC=C(F)C2)[C]2(F)C=CC=C(F)C2)c1F. The highest BCUT2D eigenvalue weighted by molar-refractivity contribution is 6.79. The van der Waals surface area contributed by atoms with E-state index in [2.05, 4.69) is 0 Å². The van der Waals surface area contributed by atoms with E-state index in [4.69, 9.17) is 0 Å². The van der Waals surface area contributed by atoms with E-state index >= 15 is 8.78 Å². The van der Waals surface area contributed by atoms with Crippen molar-refractivity contribution < 1.29 is 30.7 Å². The molecule has 1 aromatic rings. The first-order valence-electron chi connectivity index (χ1n) is 8.17. The van der Waals surface area contributed by atoms with Crippen molar-refractivity contribution in [2.45, 2.75) is 28.8 Å². The number of allylic oxidation sites excluding steroid dienone is 8. The molecular weight excluding hydrogens is 388 g/mol. The molecule has 0 radical (unpaired) electrons. The first-order chi connectivity index (χ1) is 12.6. The molecule has 0 saturated heterocycles. The molecule has 0 N–H and O–H groups in total. The van der Waals surface area contributed by atoms with Gasteiger partial charge >= 0.3 is 14.1 Å². The van der Waals surface area contributed by atoms with Crippen LogP contribution in [0.25, 0.3) is 0 Å². The second-order valence-corrected chi connectivity index (χ2v) is 10.1. The third-order valence-corrected chi connectivity index (χ3v) is 8.68. The summed E-state index contributed by atoms with van der Waals surface area (Å²) in [5, 5.41) is 0. The Morgan fingerprint density at radius 1 is 0.815 bits per heavy atom. The molecular formula is C19H14AlF7. The van der Waals surface area contributed by atoms with Gasteiger partial charge in [0.2, 0.25) is 0 Å². The molecule has 0 heterocycles. The van der Waals surface area contributed by atoms with Gasteiger partial charge in [0, 0.05) is 24.5 Å². The molecule has 0 fully saturated rings. The van der Waals surface area contributed by atoms with Gasteiger partial charge in [-0.2, -0.15) is 0 Å². The fourth-order valence-electron chi connectivity index (χ4n) is 3.63. The van der Waals surface area contributed by atoms with E-state index in [1.807, 2.05) is 0 Å². The molecule has 0 aliphatic heterocycles. The van der Waals surface area contributed by atoms with Gasteiger partial charge in [0.15, 0.2) is 0 Å².